The highest BCUT2D eigenvalue weighted by Crippen LogP contribution is 2.23. The van der Waals surface area contributed by atoms with E-state index in [9.17, 15) is 0 Å². The standard InChI is InChI=1S/C24H20N6/c1-17-13-20(9-10-25-17)21-8-7-18(14-27-21)15-28-23-24-29-16-22(30(24)12-11-26-23)19-5-3-2-4-6-19/h2-14,16H,15H2,1H3,(H,26,28). The summed E-state index contributed by atoms with van der Waals surface area (Å²) in [4.78, 5) is 17.9. The van der Waals surface area contributed by atoms with Crippen molar-refractivity contribution in [3.63, 3.8) is 0 Å². The largest absolute Gasteiger partial charge is 0.363 e. The zero-order valence-corrected chi connectivity index (χ0v) is 16.5. The summed E-state index contributed by atoms with van der Waals surface area (Å²) in [5.74, 6) is 0.744. The van der Waals surface area contributed by atoms with E-state index in [1.807, 2.05) is 68.1 Å². The first kappa shape index (κ1) is 18.0. The summed E-state index contributed by atoms with van der Waals surface area (Å²) in [6, 6.07) is 18.3. The monoisotopic (exact) mass is 392 g/mol. The van der Waals surface area contributed by atoms with E-state index in [4.69, 9.17) is 0 Å². The number of hydrogen-bond donors (Lipinski definition) is 1. The first-order valence-corrected chi connectivity index (χ1v) is 9.77. The maximum atomic E-state index is 4.60. The van der Waals surface area contributed by atoms with Crippen LogP contribution < -0.4 is 5.32 Å². The van der Waals surface area contributed by atoms with Gasteiger partial charge in [0.1, 0.15) is 0 Å². The molecule has 0 saturated heterocycles. The number of nitrogens with one attached hydrogen (secondary N) is 1. The molecule has 30 heavy (non-hydrogen) atoms. The number of aromatic nitrogens is 5. The van der Waals surface area contributed by atoms with Gasteiger partial charge in [-0.3, -0.25) is 14.4 Å². The summed E-state index contributed by atoms with van der Waals surface area (Å²) < 4.78 is 2.05. The van der Waals surface area contributed by atoms with Gasteiger partial charge < -0.3 is 5.32 Å². The highest BCUT2D eigenvalue weighted by atomic mass is 15.1. The molecule has 0 fully saturated rings. The van der Waals surface area contributed by atoms with Crippen LogP contribution in [0, 0.1) is 6.92 Å². The van der Waals surface area contributed by atoms with Crippen LogP contribution in [0.25, 0.3) is 28.2 Å². The van der Waals surface area contributed by atoms with Gasteiger partial charge in [-0.15, -0.1) is 0 Å². The van der Waals surface area contributed by atoms with Gasteiger partial charge in [-0.25, -0.2) is 9.97 Å². The molecule has 0 unspecified atom stereocenters. The average molecular weight is 392 g/mol. The van der Waals surface area contributed by atoms with E-state index >= 15 is 0 Å². The molecule has 5 aromatic rings. The van der Waals surface area contributed by atoms with Crippen LogP contribution in [-0.4, -0.2) is 24.3 Å². The van der Waals surface area contributed by atoms with Crippen LogP contribution in [-0.2, 0) is 6.54 Å². The number of fused-ring (bicyclic) bond motifs is 1. The van der Waals surface area contributed by atoms with Crippen molar-refractivity contribution >= 4 is 11.5 Å². The lowest BCUT2D eigenvalue weighted by Gasteiger charge is -2.08. The van der Waals surface area contributed by atoms with Crippen molar-refractivity contribution in [3.05, 3.63) is 96.8 Å². The fourth-order valence-electron chi connectivity index (χ4n) is 3.46. The number of rotatable bonds is 5. The van der Waals surface area contributed by atoms with Crippen molar-refractivity contribution in [2.75, 3.05) is 5.32 Å². The molecule has 0 spiro atoms. The lowest BCUT2D eigenvalue weighted by atomic mass is 10.1. The molecule has 0 atom stereocenters. The van der Waals surface area contributed by atoms with Gasteiger partial charge in [0.05, 0.1) is 17.6 Å². The van der Waals surface area contributed by atoms with Crippen LogP contribution in [0.5, 0.6) is 0 Å². The predicted molar refractivity (Wildman–Crippen MR) is 118 cm³/mol. The molecule has 0 amide bonds. The predicted octanol–water partition coefficient (Wildman–Crippen LogP) is 4.77. The van der Waals surface area contributed by atoms with Gasteiger partial charge >= 0.3 is 0 Å². The van der Waals surface area contributed by atoms with E-state index in [1.165, 1.54) is 0 Å². The Morgan fingerprint density at radius 1 is 0.833 bits per heavy atom. The van der Waals surface area contributed by atoms with E-state index in [1.54, 1.807) is 6.20 Å². The van der Waals surface area contributed by atoms with Crippen molar-refractivity contribution in [2.24, 2.45) is 0 Å². The zero-order valence-electron chi connectivity index (χ0n) is 16.5. The van der Waals surface area contributed by atoms with Gasteiger partial charge in [-0.2, -0.15) is 0 Å². The van der Waals surface area contributed by atoms with Crippen molar-refractivity contribution in [1.82, 2.24) is 24.3 Å². The van der Waals surface area contributed by atoms with Crippen LogP contribution >= 0.6 is 0 Å². The summed E-state index contributed by atoms with van der Waals surface area (Å²) in [5, 5.41) is 3.39. The zero-order chi connectivity index (χ0) is 20.3. The number of benzene rings is 1. The van der Waals surface area contributed by atoms with E-state index in [-0.39, 0.29) is 0 Å². The molecular formula is C24H20N6. The Hall–Kier alpha value is -4.06. The minimum absolute atomic E-state index is 0.614. The van der Waals surface area contributed by atoms with Crippen LogP contribution in [0.15, 0.2) is 85.6 Å². The number of aryl methyl sites for hydroxylation is 1. The number of imidazole rings is 1. The van der Waals surface area contributed by atoms with Gasteiger partial charge in [0.2, 0.25) is 0 Å². The van der Waals surface area contributed by atoms with Crippen molar-refractivity contribution in [2.45, 2.75) is 13.5 Å². The molecule has 0 aliphatic rings. The molecule has 6 nitrogen and oxygen atoms in total. The fraction of sp³-hybridized carbons (Fsp3) is 0.0833. The Bertz CT molecular complexity index is 1290. The van der Waals surface area contributed by atoms with Gasteiger partial charge in [-0.1, -0.05) is 36.4 Å². The number of pyridine rings is 2. The van der Waals surface area contributed by atoms with Crippen LogP contribution in [0.1, 0.15) is 11.3 Å². The maximum Gasteiger partial charge on any atom is 0.180 e. The summed E-state index contributed by atoms with van der Waals surface area (Å²) in [7, 11) is 0. The summed E-state index contributed by atoms with van der Waals surface area (Å²) in [6.45, 7) is 2.59. The third-order valence-electron chi connectivity index (χ3n) is 4.97. The lowest BCUT2D eigenvalue weighted by Crippen LogP contribution is -2.04. The molecule has 146 valence electrons. The molecule has 0 radical (unpaired) electrons. The van der Waals surface area contributed by atoms with Crippen LogP contribution in [0.4, 0.5) is 5.82 Å². The van der Waals surface area contributed by atoms with Gasteiger partial charge in [0.15, 0.2) is 11.5 Å². The molecule has 6 heteroatoms. The smallest absolute Gasteiger partial charge is 0.180 e. The molecular weight excluding hydrogens is 372 g/mol. The summed E-state index contributed by atoms with van der Waals surface area (Å²) in [5.41, 5.74) is 7.01. The first-order valence-electron chi connectivity index (χ1n) is 9.77. The Balaban J connectivity index is 1.36. The minimum Gasteiger partial charge on any atom is -0.363 e. The maximum absolute atomic E-state index is 4.60. The molecule has 4 heterocycles. The molecule has 4 aromatic heterocycles. The average Bonchev–Trinajstić information content (AvgIpc) is 3.23. The van der Waals surface area contributed by atoms with Gasteiger partial charge in [0, 0.05) is 48.2 Å². The third kappa shape index (κ3) is 3.51. The minimum atomic E-state index is 0.614. The van der Waals surface area contributed by atoms with Gasteiger partial charge in [0.25, 0.3) is 0 Å². The fourth-order valence-corrected chi connectivity index (χ4v) is 3.46. The van der Waals surface area contributed by atoms with Crippen molar-refractivity contribution in [1.29, 1.82) is 0 Å². The van der Waals surface area contributed by atoms with E-state index in [2.05, 4.69) is 47.9 Å². The summed E-state index contributed by atoms with van der Waals surface area (Å²) >= 11 is 0. The molecule has 0 bridgehead atoms. The second-order valence-corrected chi connectivity index (χ2v) is 7.07. The SMILES string of the molecule is Cc1cc(-c2ccc(CNc3nccn4c(-c5ccccc5)cnc34)cn2)ccn1. The molecule has 0 aliphatic carbocycles. The normalized spacial score (nSPS) is 11.0. The Labute approximate surface area is 174 Å². The summed E-state index contributed by atoms with van der Waals surface area (Å²) in [6.07, 6.45) is 9.30. The number of nitrogens with zero attached hydrogens (tertiary/aromatic N) is 5. The quantitative estimate of drug-likeness (QED) is 0.466. The van der Waals surface area contributed by atoms with E-state index in [0.29, 0.717) is 6.54 Å². The highest BCUT2D eigenvalue weighted by Gasteiger charge is 2.10. The molecule has 1 N–H and O–H groups in total. The van der Waals surface area contributed by atoms with Crippen LogP contribution in [0.2, 0.25) is 0 Å². The van der Waals surface area contributed by atoms with Crippen molar-refractivity contribution in [3.8, 4) is 22.5 Å². The number of hydrogen-bond acceptors (Lipinski definition) is 5. The van der Waals surface area contributed by atoms with Crippen LogP contribution in [0.3, 0.4) is 0 Å². The first-order chi connectivity index (χ1) is 14.8. The molecule has 1 aromatic carbocycles. The topological polar surface area (TPSA) is 68.0 Å². The molecule has 5 rings (SSSR count). The second kappa shape index (κ2) is 7.75. The number of anilines is 1. The molecule has 0 aliphatic heterocycles. The third-order valence-corrected chi connectivity index (χ3v) is 4.97. The Morgan fingerprint density at radius 3 is 2.53 bits per heavy atom. The highest BCUT2D eigenvalue weighted by molar-refractivity contribution is 5.70. The van der Waals surface area contributed by atoms with Crippen molar-refractivity contribution < 1.29 is 0 Å². The van der Waals surface area contributed by atoms with E-state index < -0.39 is 0 Å². The van der Waals surface area contributed by atoms with E-state index in [0.717, 1.165) is 45.2 Å². The molecule has 0 saturated carbocycles. The second-order valence-electron chi connectivity index (χ2n) is 7.07. The lowest BCUT2D eigenvalue weighted by molar-refractivity contribution is 1.06. The Morgan fingerprint density at radius 2 is 1.73 bits per heavy atom. The Kier molecular flexibility index (Phi) is 4.65. The van der Waals surface area contributed by atoms with Gasteiger partial charge in [-0.05, 0) is 30.7 Å².